The summed E-state index contributed by atoms with van der Waals surface area (Å²) in [5.74, 6) is 0. The first-order chi connectivity index (χ1) is 12.2. The van der Waals surface area contributed by atoms with E-state index in [0.29, 0.717) is 22.1 Å². The van der Waals surface area contributed by atoms with Gasteiger partial charge in [0.25, 0.3) is 0 Å². The van der Waals surface area contributed by atoms with Crippen molar-refractivity contribution in [3.63, 3.8) is 0 Å². The fourth-order valence-corrected chi connectivity index (χ4v) is 2.31. The van der Waals surface area contributed by atoms with Gasteiger partial charge >= 0.3 is 6.09 Å². The number of pyridine rings is 1. The summed E-state index contributed by atoms with van der Waals surface area (Å²) < 4.78 is 0. The number of amides is 1. The van der Waals surface area contributed by atoms with Crippen molar-refractivity contribution < 1.29 is 9.63 Å². The molecule has 0 fully saturated rings. The maximum atomic E-state index is 12.0. The topological polar surface area (TPSA) is 63.6 Å². The summed E-state index contributed by atoms with van der Waals surface area (Å²) >= 11 is 6.01. The van der Waals surface area contributed by atoms with Gasteiger partial charge in [0.2, 0.25) is 0 Å². The molecule has 1 heterocycles. The number of nitrogens with zero attached hydrogens (tertiary/aromatic N) is 2. The Kier molecular flexibility index (Phi) is 5.39. The average Bonchev–Trinajstić information content (AvgIpc) is 2.66. The lowest BCUT2D eigenvalue weighted by molar-refractivity contribution is 0.166. The van der Waals surface area contributed by atoms with Crippen LogP contribution in [0.5, 0.6) is 0 Å². The van der Waals surface area contributed by atoms with E-state index in [9.17, 15) is 4.79 Å². The normalized spacial score (nSPS) is 11.0. The highest BCUT2D eigenvalue weighted by Crippen LogP contribution is 2.20. The zero-order valence-corrected chi connectivity index (χ0v) is 13.9. The third kappa shape index (κ3) is 4.43. The quantitative estimate of drug-likeness (QED) is 0.419. The van der Waals surface area contributed by atoms with Crippen LogP contribution in [0.25, 0.3) is 0 Å². The van der Waals surface area contributed by atoms with Crippen LogP contribution in [0.3, 0.4) is 0 Å². The number of carbonyl (C=O) groups excluding carboxylic acids is 1. The van der Waals surface area contributed by atoms with Crippen LogP contribution >= 0.6 is 11.6 Å². The summed E-state index contributed by atoms with van der Waals surface area (Å²) in [7, 11) is 0. The van der Waals surface area contributed by atoms with Crippen molar-refractivity contribution in [1.29, 1.82) is 0 Å². The summed E-state index contributed by atoms with van der Waals surface area (Å²) in [6.45, 7) is 0. The molecule has 2 aromatic carbocycles. The van der Waals surface area contributed by atoms with Crippen LogP contribution in [0.1, 0.15) is 11.3 Å². The minimum absolute atomic E-state index is 0.413. The van der Waals surface area contributed by atoms with E-state index < -0.39 is 6.09 Å². The van der Waals surface area contributed by atoms with Crippen molar-refractivity contribution >= 4 is 29.1 Å². The van der Waals surface area contributed by atoms with Crippen LogP contribution in [0.2, 0.25) is 5.02 Å². The monoisotopic (exact) mass is 351 g/mol. The number of nitrogens with one attached hydrogen (secondary N) is 1. The van der Waals surface area contributed by atoms with Gasteiger partial charge in [-0.3, -0.25) is 15.1 Å². The van der Waals surface area contributed by atoms with Gasteiger partial charge in [0.05, 0.1) is 16.4 Å². The minimum atomic E-state index is -0.738. The molecule has 1 amide bonds. The van der Waals surface area contributed by atoms with Crippen molar-refractivity contribution in [3.05, 3.63) is 95.3 Å². The second-order valence-electron chi connectivity index (χ2n) is 5.00. The SMILES string of the molecule is O=C(Nc1ccccc1Cl)O/N=C(/c1ccccc1)c1ccccn1. The molecule has 0 bridgehead atoms. The lowest BCUT2D eigenvalue weighted by Crippen LogP contribution is -2.14. The number of halogens is 1. The van der Waals surface area contributed by atoms with E-state index in [1.807, 2.05) is 36.4 Å². The number of carbonyl (C=O) groups is 1. The molecular weight excluding hydrogens is 338 g/mol. The largest absolute Gasteiger partial charge is 0.437 e. The lowest BCUT2D eigenvalue weighted by atomic mass is 10.1. The Hall–Kier alpha value is -3.18. The van der Waals surface area contributed by atoms with Crippen LogP contribution in [-0.2, 0) is 4.84 Å². The molecule has 0 unspecified atom stereocenters. The van der Waals surface area contributed by atoms with Gasteiger partial charge in [0.1, 0.15) is 5.71 Å². The van der Waals surface area contributed by atoms with Crippen LogP contribution in [0.15, 0.2) is 84.1 Å². The highest BCUT2D eigenvalue weighted by atomic mass is 35.5. The van der Waals surface area contributed by atoms with Gasteiger partial charge in [-0.2, -0.15) is 0 Å². The summed E-state index contributed by atoms with van der Waals surface area (Å²) in [5.41, 5.74) is 2.28. The lowest BCUT2D eigenvalue weighted by Gasteiger charge is -2.07. The molecular formula is C19H14ClN3O2. The standard InChI is InChI=1S/C19H14ClN3O2/c20-15-10-4-5-11-16(15)22-19(24)25-23-18(14-8-2-1-3-9-14)17-12-6-7-13-21-17/h1-13H,(H,22,24)/b23-18-. The molecule has 0 aliphatic carbocycles. The predicted octanol–water partition coefficient (Wildman–Crippen LogP) is 4.74. The Bertz CT molecular complexity index is 842. The maximum absolute atomic E-state index is 12.0. The molecule has 124 valence electrons. The van der Waals surface area contributed by atoms with Gasteiger partial charge in [-0.1, -0.05) is 65.3 Å². The van der Waals surface area contributed by atoms with Crippen LogP contribution < -0.4 is 5.32 Å². The molecule has 0 atom stereocenters. The maximum Gasteiger partial charge on any atom is 0.437 e. The molecule has 6 heteroatoms. The van der Waals surface area contributed by atoms with Crippen LogP contribution in [0.4, 0.5) is 10.5 Å². The van der Waals surface area contributed by atoms with Gasteiger partial charge in [-0.05, 0) is 24.3 Å². The third-order valence-corrected chi connectivity index (χ3v) is 3.61. The Morgan fingerprint density at radius 3 is 2.40 bits per heavy atom. The molecule has 5 nitrogen and oxygen atoms in total. The number of hydrogen-bond acceptors (Lipinski definition) is 4. The predicted molar refractivity (Wildman–Crippen MR) is 97.9 cm³/mol. The van der Waals surface area contributed by atoms with Gasteiger partial charge in [-0.25, -0.2) is 4.79 Å². The smallest absolute Gasteiger partial charge is 0.297 e. The Labute approximate surface area is 149 Å². The molecule has 0 radical (unpaired) electrons. The van der Waals surface area contributed by atoms with Gasteiger partial charge < -0.3 is 0 Å². The summed E-state index contributed by atoms with van der Waals surface area (Å²) in [4.78, 5) is 21.3. The molecule has 3 rings (SSSR count). The van der Waals surface area contributed by atoms with Crippen molar-refractivity contribution in [2.75, 3.05) is 5.32 Å². The average molecular weight is 352 g/mol. The minimum Gasteiger partial charge on any atom is -0.297 e. The van der Waals surface area contributed by atoms with Crippen LogP contribution in [0, 0.1) is 0 Å². The van der Waals surface area contributed by atoms with Gasteiger partial charge in [0, 0.05) is 11.8 Å². The summed E-state index contributed by atoms with van der Waals surface area (Å²) in [5, 5.41) is 6.95. The first-order valence-corrected chi connectivity index (χ1v) is 7.89. The van der Waals surface area contributed by atoms with E-state index in [4.69, 9.17) is 16.4 Å². The van der Waals surface area contributed by atoms with Crippen molar-refractivity contribution in [3.8, 4) is 0 Å². The fraction of sp³-hybridized carbons (Fsp3) is 0. The van der Waals surface area contributed by atoms with Gasteiger partial charge in [0.15, 0.2) is 0 Å². The van der Waals surface area contributed by atoms with E-state index in [-0.39, 0.29) is 0 Å². The zero-order chi connectivity index (χ0) is 17.5. The zero-order valence-electron chi connectivity index (χ0n) is 13.1. The molecule has 1 N–H and O–H groups in total. The number of benzene rings is 2. The van der Waals surface area contributed by atoms with E-state index >= 15 is 0 Å². The Balaban J connectivity index is 1.82. The molecule has 1 aromatic heterocycles. The number of para-hydroxylation sites is 1. The third-order valence-electron chi connectivity index (χ3n) is 3.29. The van der Waals surface area contributed by atoms with Crippen LogP contribution in [-0.4, -0.2) is 16.8 Å². The second-order valence-corrected chi connectivity index (χ2v) is 5.41. The fourth-order valence-electron chi connectivity index (χ4n) is 2.13. The second kappa shape index (κ2) is 8.08. The molecule has 0 saturated heterocycles. The van der Waals surface area contributed by atoms with Crippen molar-refractivity contribution in [1.82, 2.24) is 4.98 Å². The van der Waals surface area contributed by atoms with Gasteiger partial charge in [-0.15, -0.1) is 0 Å². The molecule has 0 aliphatic rings. The molecule has 3 aromatic rings. The summed E-state index contributed by atoms with van der Waals surface area (Å²) in [6.07, 6.45) is 0.912. The molecule has 0 aliphatic heterocycles. The van der Waals surface area contributed by atoms with E-state index in [1.165, 1.54) is 0 Å². The van der Waals surface area contributed by atoms with E-state index in [2.05, 4.69) is 15.5 Å². The summed E-state index contributed by atoms with van der Waals surface area (Å²) in [6, 6.07) is 21.7. The van der Waals surface area contributed by atoms with Crippen molar-refractivity contribution in [2.24, 2.45) is 5.16 Å². The van der Waals surface area contributed by atoms with Crippen molar-refractivity contribution in [2.45, 2.75) is 0 Å². The number of aromatic nitrogens is 1. The molecule has 25 heavy (non-hydrogen) atoms. The number of hydrogen-bond donors (Lipinski definition) is 1. The van der Waals surface area contributed by atoms with E-state index in [0.717, 1.165) is 5.56 Å². The Morgan fingerprint density at radius 1 is 0.960 bits per heavy atom. The number of anilines is 1. The number of rotatable bonds is 4. The highest BCUT2D eigenvalue weighted by Gasteiger charge is 2.11. The van der Waals surface area contributed by atoms with E-state index in [1.54, 1.807) is 42.6 Å². The molecule has 0 spiro atoms. The first-order valence-electron chi connectivity index (χ1n) is 7.51. The first kappa shape index (κ1) is 16.7. The molecule has 0 saturated carbocycles. The highest BCUT2D eigenvalue weighted by molar-refractivity contribution is 6.33. The Morgan fingerprint density at radius 2 is 1.68 bits per heavy atom. The number of oxime groups is 1.